The summed E-state index contributed by atoms with van der Waals surface area (Å²) in [6, 6.07) is 19.1. The fraction of sp³-hybridized carbons (Fsp3) is 0.179. The van der Waals surface area contributed by atoms with Crippen LogP contribution in [0.2, 0.25) is 5.02 Å². The molecular weight excluding hydrogens is 478 g/mol. The SMILES string of the molecule is CCOc1ccc(NC(=O)/C(C#N)=C/c2cc(Cl)ccc2OCC(=O)Nc2ccc(C)c(C)c2)cc1. The smallest absolute Gasteiger partial charge is 0.266 e. The topological polar surface area (TPSA) is 100 Å². The Hall–Kier alpha value is -4.28. The van der Waals surface area contributed by atoms with E-state index in [4.69, 9.17) is 21.1 Å². The van der Waals surface area contributed by atoms with Crippen molar-refractivity contribution in [2.45, 2.75) is 20.8 Å². The van der Waals surface area contributed by atoms with Gasteiger partial charge in [-0.2, -0.15) is 5.26 Å². The van der Waals surface area contributed by atoms with E-state index in [1.165, 1.54) is 6.08 Å². The van der Waals surface area contributed by atoms with Crippen LogP contribution in [-0.2, 0) is 9.59 Å². The molecule has 0 atom stereocenters. The van der Waals surface area contributed by atoms with E-state index in [-0.39, 0.29) is 18.1 Å². The molecule has 3 rings (SSSR count). The predicted octanol–water partition coefficient (Wildman–Crippen LogP) is 5.92. The van der Waals surface area contributed by atoms with E-state index in [2.05, 4.69) is 10.6 Å². The van der Waals surface area contributed by atoms with E-state index in [9.17, 15) is 14.9 Å². The number of nitrogens with one attached hydrogen (secondary N) is 2. The van der Waals surface area contributed by atoms with Gasteiger partial charge in [0.15, 0.2) is 6.61 Å². The van der Waals surface area contributed by atoms with Gasteiger partial charge in [-0.15, -0.1) is 0 Å². The third kappa shape index (κ3) is 7.36. The van der Waals surface area contributed by atoms with Crippen molar-refractivity contribution in [3.8, 4) is 17.6 Å². The second-order valence-electron chi connectivity index (χ2n) is 7.90. The van der Waals surface area contributed by atoms with Crippen LogP contribution >= 0.6 is 11.6 Å². The van der Waals surface area contributed by atoms with Gasteiger partial charge in [-0.05, 0) is 92.6 Å². The number of nitriles is 1. The van der Waals surface area contributed by atoms with Gasteiger partial charge in [-0.1, -0.05) is 17.7 Å². The molecule has 0 saturated heterocycles. The maximum absolute atomic E-state index is 12.7. The molecule has 0 aliphatic carbocycles. The van der Waals surface area contributed by atoms with Crippen LogP contribution in [0.25, 0.3) is 6.08 Å². The summed E-state index contributed by atoms with van der Waals surface area (Å²) in [6.45, 7) is 6.10. The molecule has 0 aliphatic rings. The summed E-state index contributed by atoms with van der Waals surface area (Å²) in [7, 11) is 0. The molecule has 7 nitrogen and oxygen atoms in total. The van der Waals surface area contributed by atoms with Crippen molar-refractivity contribution in [3.05, 3.63) is 87.9 Å². The molecular formula is C28H26ClN3O4. The number of benzene rings is 3. The molecule has 0 spiro atoms. The maximum atomic E-state index is 12.7. The standard InChI is InChI=1S/C28H26ClN3O4/c1-4-35-25-10-8-23(9-11-25)32-28(34)21(16-30)14-20-15-22(29)6-12-26(20)36-17-27(33)31-24-7-5-18(2)19(3)13-24/h5-15H,4,17H2,1-3H3,(H,31,33)(H,32,34)/b21-14+. The highest BCUT2D eigenvalue weighted by Crippen LogP contribution is 2.26. The molecule has 0 unspecified atom stereocenters. The van der Waals surface area contributed by atoms with E-state index in [1.54, 1.807) is 42.5 Å². The summed E-state index contributed by atoms with van der Waals surface area (Å²) < 4.78 is 11.1. The first-order valence-electron chi connectivity index (χ1n) is 11.2. The van der Waals surface area contributed by atoms with Gasteiger partial charge in [0.05, 0.1) is 6.61 Å². The van der Waals surface area contributed by atoms with Crippen LogP contribution in [0, 0.1) is 25.2 Å². The first kappa shape index (κ1) is 26.3. The lowest BCUT2D eigenvalue weighted by molar-refractivity contribution is -0.118. The summed E-state index contributed by atoms with van der Waals surface area (Å²) in [6.07, 6.45) is 1.37. The number of ether oxygens (including phenoxy) is 2. The highest BCUT2D eigenvalue weighted by atomic mass is 35.5. The highest BCUT2D eigenvalue weighted by molar-refractivity contribution is 6.30. The quantitative estimate of drug-likeness (QED) is 0.279. The van der Waals surface area contributed by atoms with Crippen molar-refractivity contribution in [2.75, 3.05) is 23.8 Å². The molecule has 0 saturated carbocycles. The summed E-state index contributed by atoms with van der Waals surface area (Å²) in [5, 5.41) is 15.5. The van der Waals surface area contributed by atoms with Gasteiger partial charge >= 0.3 is 0 Å². The molecule has 2 N–H and O–H groups in total. The fourth-order valence-corrected chi connectivity index (χ4v) is 3.41. The molecule has 3 aromatic rings. The third-order valence-electron chi connectivity index (χ3n) is 5.21. The van der Waals surface area contributed by atoms with Gasteiger partial charge in [0.2, 0.25) is 0 Å². The van der Waals surface area contributed by atoms with Crippen molar-refractivity contribution >= 4 is 40.9 Å². The minimum absolute atomic E-state index is 0.157. The number of carbonyl (C=O) groups is 2. The maximum Gasteiger partial charge on any atom is 0.266 e. The number of anilines is 2. The zero-order valence-electron chi connectivity index (χ0n) is 20.2. The van der Waals surface area contributed by atoms with Crippen LogP contribution in [0.3, 0.4) is 0 Å². The molecule has 36 heavy (non-hydrogen) atoms. The number of halogens is 1. The van der Waals surface area contributed by atoms with Crippen LogP contribution in [-0.4, -0.2) is 25.0 Å². The Kier molecular flexibility index (Phi) is 9.09. The minimum atomic E-state index is -0.597. The van der Waals surface area contributed by atoms with Gasteiger partial charge in [0, 0.05) is 22.0 Å². The molecule has 0 aromatic heterocycles. The van der Waals surface area contributed by atoms with E-state index in [1.807, 2.05) is 45.0 Å². The Labute approximate surface area is 215 Å². The van der Waals surface area contributed by atoms with Crippen molar-refractivity contribution in [3.63, 3.8) is 0 Å². The Morgan fingerprint density at radius 2 is 1.67 bits per heavy atom. The van der Waals surface area contributed by atoms with E-state index >= 15 is 0 Å². The zero-order chi connectivity index (χ0) is 26.1. The Morgan fingerprint density at radius 3 is 2.33 bits per heavy atom. The Morgan fingerprint density at radius 1 is 0.944 bits per heavy atom. The van der Waals surface area contributed by atoms with Crippen molar-refractivity contribution < 1.29 is 19.1 Å². The van der Waals surface area contributed by atoms with Gasteiger partial charge in [0.25, 0.3) is 11.8 Å². The van der Waals surface area contributed by atoms with Gasteiger partial charge in [-0.3, -0.25) is 9.59 Å². The van der Waals surface area contributed by atoms with Gasteiger partial charge in [0.1, 0.15) is 23.1 Å². The van der Waals surface area contributed by atoms with E-state index < -0.39 is 5.91 Å². The fourth-order valence-electron chi connectivity index (χ4n) is 3.23. The van der Waals surface area contributed by atoms with Crippen LogP contribution < -0.4 is 20.1 Å². The largest absolute Gasteiger partial charge is 0.494 e. The predicted molar refractivity (Wildman–Crippen MR) is 141 cm³/mol. The van der Waals surface area contributed by atoms with Crippen molar-refractivity contribution in [1.82, 2.24) is 0 Å². The summed E-state index contributed by atoms with van der Waals surface area (Å²) >= 11 is 6.13. The van der Waals surface area contributed by atoms with Crippen molar-refractivity contribution in [2.24, 2.45) is 0 Å². The molecule has 0 radical (unpaired) electrons. The lowest BCUT2D eigenvalue weighted by Gasteiger charge is -2.12. The second kappa shape index (κ2) is 12.4. The summed E-state index contributed by atoms with van der Waals surface area (Å²) in [5.74, 6) is 0.0296. The summed E-state index contributed by atoms with van der Waals surface area (Å²) in [4.78, 5) is 25.1. The van der Waals surface area contributed by atoms with E-state index in [0.717, 1.165) is 11.1 Å². The molecule has 0 fully saturated rings. The number of rotatable bonds is 9. The van der Waals surface area contributed by atoms with Crippen LogP contribution in [0.1, 0.15) is 23.6 Å². The monoisotopic (exact) mass is 503 g/mol. The molecule has 184 valence electrons. The Bertz CT molecular complexity index is 1330. The first-order chi connectivity index (χ1) is 17.3. The van der Waals surface area contributed by atoms with Crippen LogP contribution in [0.15, 0.2) is 66.2 Å². The molecule has 0 heterocycles. The molecule has 8 heteroatoms. The lowest BCUT2D eigenvalue weighted by Crippen LogP contribution is -2.20. The zero-order valence-corrected chi connectivity index (χ0v) is 21.0. The van der Waals surface area contributed by atoms with Gasteiger partial charge < -0.3 is 20.1 Å². The molecule has 2 amide bonds. The van der Waals surface area contributed by atoms with Crippen LogP contribution in [0.4, 0.5) is 11.4 Å². The number of nitrogens with zero attached hydrogens (tertiary/aromatic N) is 1. The van der Waals surface area contributed by atoms with E-state index in [0.29, 0.717) is 40.1 Å². The van der Waals surface area contributed by atoms with Crippen molar-refractivity contribution in [1.29, 1.82) is 5.26 Å². The minimum Gasteiger partial charge on any atom is -0.494 e. The normalized spacial score (nSPS) is 10.8. The second-order valence-corrected chi connectivity index (χ2v) is 8.34. The number of hydrogen-bond acceptors (Lipinski definition) is 5. The average molecular weight is 504 g/mol. The molecule has 0 aliphatic heterocycles. The number of carbonyl (C=O) groups excluding carboxylic acids is 2. The highest BCUT2D eigenvalue weighted by Gasteiger charge is 2.13. The van der Waals surface area contributed by atoms with Gasteiger partial charge in [-0.25, -0.2) is 0 Å². The average Bonchev–Trinajstić information content (AvgIpc) is 2.85. The third-order valence-corrected chi connectivity index (χ3v) is 5.44. The Balaban J connectivity index is 1.71. The van der Waals surface area contributed by atoms with Crippen LogP contribution in [0.5, 0.6) is 11.5 Å². The number of aryl methyl sites for hydroxylation is 2. The molecule has 3 aromatic carbocycles. The number of amides is 2. The number of hydrogen-bond donors (Lipinski definition) is 2. The molecule has 0 bridgehead atoms. The first-order valence-corrected chi connectivity index (χ1v) is 11.6. The lowest BCUT2D eigenvalue weighted by atomic mass is 10.1. The summed E-state index contributed by atoms with van der Waals surface area (Å²) in [5.41, 5.74) is 3.60.